The van der Waals surface area contributed by atoms with Crippen molar-refractivity contribution in [1.29, 1.82) is 0 Å². The molecule has 2 aromatic rings. The number of nitrogens with one attached hydrogen (secondary N) is 1. The molecule has 2 aliphatic rings. The molecule has 1 heterocycles. The lowest BCUT2D eigenvalue weighted by Crippen LogP contribution is -2.49. The van der Waals surface area contributed by atoms with E-state index in [9.17, 15) is 18.4 Å². The maximum Gasteiger partial charge on any atom is 0.226 e. The molecule has 0 radical (unpaired) electrons. The molecule has 5 nitrogen and oxygen atoms in total. The molecule has 1 saturated carbocycles. The fourth-order valence-electron chi connectivity index (χ4n) is 3.82. The third kappa shape index (κ3) is 4.23. The highest BCUT2D eigenvalue weighted by Gasteiger charge is 2.49. The molecular formula is C22H23F2N3O2. The molecule has 7 heteroatoms. The zero-order valence-electron chi connectivity index (χ0n) is 16.0. The molecule has 2 unspecified atom stereocenters. The molecule has 0 bridgehead atoms. The molecule has 1 aliphatic heterocycles. The second-order valence-electron chi connectivity index (χ2n) is 7.52. The summed E-state index contributed by atoms with van der Waals surface area (Å²) in [7, 11) is 0. The third-order valence-corrected chi connectivity index (χ3v) is 5.64. The Kier molecular flexibility index (Phi) is 5.47. The predicted octanol–water partition coefficient (Wildman–Crippen LogP) is 2.57. The molecule has 2 amide bonds. The summed E-state index contributed by atoms with van der Waals surface area (Å²) in [5.74, 6) is -1.51. The summed E-state index contributed by atoms with van der Waals surface area (Å²) in [4.78, 5) is 28.7. The van der Waals surface area contributed by atoms with Crippen LogP contribution in [0.1, 0.15) is 12.0 Å². The molecule has 29 heavy (non-hydrogen) atoms. The molecule has 0 spiro atoms. The van der Waals surface area contributed by atoms with Crippen LogP contribution in [0.3, 0.4) is 0 Å². The Morgan fingerprint density at radius 2 is 1.55 bits per heavy atom. The van der Waals surface area contributed by atoms with E-state index in [-0.39, 0.29) is 41.8 Å². The van der Waals surface area contributed by atoms with Gasteiger partial charge in [0.1, 0.15) is 11.6 Å². The van der Waals surface area contributed by atoms with Gasteiger partial charge in [-0.3, -0.25) is 9.59 Å². The number of nitrogens with zero attached hydrogens (tertiary/aromatic N) is 2. The zero-order chi connectivity index (χ0) is 20.4. The van der Waals surface area contributed by atoms with Crippen molar-refractivity contribution in [2.75, 3.05) is 31.1 Å². The normalized spacial score (nSPS) is 21.0. The van der Waals surface area contributed by atoms with Crippen LogP contribution in [0.5, 0.6) is 0 Å². The van der Waals surface area contributed by atoms with Gasteiger partial charge in [-0.05, 0) is 24.6 Å². The van der Waals surface area contributed by atoms with Gasteiger partial charge in [0, 0.05) is 38.3 Å². The number of para-hydroxylation sites is 1. The number of hydrogen-bond donors (Lipinski definition) is 1. The first-order valence-corrected chi connectivity index (χ1v) is 9.84. The van der Waals surface area contributed by atoms with Crippen LogP contribution in [0, 0.1) is 23.5 Å². The van der Waals surface area contributed by atoms with Gasteiger partial charge in [-0.1, -0.05) is 30.3 Å². The Morgan fingerprint density at radius 1 is 0.897 bits per heavy atom. The maximum atomic E-state index is 13.9. The standard InChI is InChI=1S/C22H23F2N3O2/c23-18-6-2-1-5-15(18)14-25-21(28)16-13-17(16)22(29)27-11-9-26(10-12-27)20-8-4-3-7-19(20)24/h1-8,16-17H,9-14H2,(H,25,28). The number of amides is 2. The number of rotatable bonds is 5. The maximum absolute atomic E-state index is 13.9. The third-order valence-electron chi connectivity index (χ3n) is 5.64. The summed E-state index contributed by atoms with van der Waals surface area (Å²) < 4.78 is 27.6. The molecule has 2 aromatic carbocycles. The van der Waals surface area contributed by atoms with Gasteiger partial charge in [0.25, 0.3) is 0 Å². The zero-order valence-corrected chi connectivity index (χ0v) is 16.0. The van der Waals surface area contributed by atoms with Crippen LogP contribution in [0.4, 0.5) is 14.5 Å². The molecule has 0 aromatic heterocycles. The summed E-state index contributed by atoms with van der Waals surface area (Å²) in [5.41, 5.74) is 0.977. The van der Waals surface area contributed by atoms with Crippen LogP contribution >= 0.6 is 0 Å². The topological polar surface area (TPSA) is 52.7 Å². The minimum absolute atomic E-state index is 0.0239. The number of anilines is 1. The second-order valence-corrected chi connectivity index (χ2v) is 7.52. The molecule has 152 valence electrons. The molecular weight excluding hydrogens is 376 g/mol. The van der Waals surface area contributed by atoms with Crippen LogP contribution in [0.15, 0.2) is 48.5 Å². The molecule has 1 N–H and O–H groups in total. The Hall–Kier alpha value is -2.96. The van der Waals surface area contributed by atoms with Crippen LogP contribution in [0.2, 0.25) is 0 Å². The van der Waals surface area contributed by atoms with E-state index in [0.29, 0.717) is 43.9 Å². The molecule has 2 atom stereocenters. The predicted molar refractivity (Wildman–Crippen MR) is 105 cm³/mol. The number of carbonyl (C=O) groups is 2. The number of halogens is 2. The Balaban J connectivity index is 1.26. The summed E-state index contributed by atoms with van der Waals surface area (Å²) in [5, 5.41) is 2.72. The van der Waals surface area contributed by atoms with Crippen molar-refractivity contribution in [1.82, 2.24) is 10.2 Å². The summed E-state index contributed by atoms with van der Waals surface area (Å²) in [6, 6.07) is 12.9. The minimum atomic E-state index is -0.357. The van der Waals surface area contributed by atoms with E-state index >= 15 is 0 Å². The van der Waals surface area contributed by atoms with E-state index < -0.39 is 0 Å². The van der Waals surface area contributed by atoms with Gasteiger partial charge in [0.05, 0.1) is 17.5 Å². The molecule has 1 saturated heterocycles. The first kappa shape index (κ1) is 19.4. The average molecular weight is 399 g/mol. The highest BCUT2D eigenvalue weighted by molar-refractivity contribution is 5.92. The summed E-state index contributed by atoms with van der Waals surface area (Å²) >= 11 is 0. The minimum Gasteiger partial charge on any atom is -0.366 e. The van der Waals surface area contributed by atoms with Gasteiger partial charge in [0.15, 0.2) is 0 Å². The number of benzene rings is 2. The van der Waals surface area contributed by atoms with Gasteiger partial charge < -0.3 is 15.1 Å². The SMILES string of the molecule is O=C(NCc1ccccc1F)C1CC1C(=O)N1CCN(c2ccccc2F)CC1. The number of hydrogen-bond acceptors (Lipinski definition) is 3. The van der Waals surface area contributed by atoms with Gasteiger partial charge in [-0.15, -0.1) is 0 Å². The largest absolute Gasteiger partial charge is 0.366 e. The van der Waals surface area contributed by atoms with E-state index in [1.165, 1.54) is 12.1 Å². The van der Waals surface area contributed by atoms with Gasteiger partial charge in [-0.2, -0.15) is 0 Å². The second kappa shape index (κ2) is 8.19. The molecule has 1 aliphatic carbocycles. The fraction of sp³-hybridized carbons (Fsp3) is 0.364. The van der Waals surface area contributed by atoms with Crippen molar-refractivity contribution in [3.8, 4) is 0 Å². The summed E-state index contributed by atoms with van der Waals surface area (Å²) in [6.45, 7) is 2.25. The molecule has 2 fully saturated rings. The van der Waals surface area contributed by atoms with Crippen molar-refractivity contribution in [2.45, 2.75) is 13.0 Å². The van der Waals surface area contributed by atoms with Crippen LogP contribution < -0.4 is 10.2 Å². The van der Waals surface area contributed by atoms with Gasteiger partial charge in [0.2, 0.25) is 11.8 Å². The Bertz CT molecular complexity index is 912. The fourth-order valence-corrected chi connectivity index (χ4v) is 3.82. The first-order chi connectivity index (χ1) is 14.0. The lowest BCUT2D eigenvalue weighted by molar-refractivity contribution is -0.135. The Labute approximate surface area is 168 Å². The highest BCUT2D eigenvalue weighted by Crippen LogP contribution is 2.40. The number of carbonyl (C=O) groups excluding carboxylic acids is 2. The van der Waals surface area contributed by atoms with Crippen LogP contribution in [0.25, 0.3) is 0 Å². The van der Waals surface area contributed by atoms with Crippen molar-refractivity contribution in [2.24, 2.45) is 11.8 Å². The van der Waals surface area contributed by atoms with E-state index in [1.807, 2.05) is 4.90 Å². The van der Waals surface area contributed by atoms with Gasteiger partial charge in [-0.25, -0.2) is 8.78 Å². The quantitative estimate of drug-likeness (QED) is 0.841. The van der Waals surface area contributed by atoms with Crippen LogP contribution in [-0.4, -0.2) is 42.9 Å². The monoisotopic (exact) mass is 399 g/mol. The van der Waals surface area contributed by atoms with Crippen molar-refractivity contribution in [3.63, 3.8) is 0 Å². The van der Waals surface area contributed by atoms with Crippen LogP contribution in [-0.2, 0) is 16.1 Å². The van der Waals surface area contributed by atoms with Crippen molar-refractivity contribution in [3.05, 3.63) is 65.7 Å². The van der Waals surface area contributed by atoms with E-state index in [1.54, 1.807) is 41.3 Å². The van der Waals surface area contributed by atoms with E-state index in [2.05, 4.69) is 5.32 Å². The lowest BCUT2D eigenvalue weighted by Gasteiger charge is -2.36. The smallest absolute Gasteiger partial charge is 0.226 e. The first-order valence-electron chi connectivity index (χ1n) is 9.84. The summed E-state index contributed by atoms with van der Waals surface area (Å²) in [6.07, 6.45) is 0.523. The van der Waals surface area contributed by atoms with Gasteiger partial charge >= 0.3 is 0 Å². The highest BCUT2D eigenvalue weighted by atomic mass is 19.1. The molecule has 4 rings (SSSR count). The van der Waals surface area contributed by atoms with E-state index in [0.717, 1.165) is 0 Å². The average Bonchev–Trinajstić information content (AvgIpc) is 3.54. The Morgan fingerprint density at radius 3 is 2.24 bits per heavy atom. The van der Waals surface area contributed by atoms with E-state index in [4.69, 9.17) is 0 Å². The van der Waals surface area contributed by atoms with Crippen molar-refractivity contribution >= 4 is 17.5 Å². The lowest BCUT2D eigenvalue weighted by atomic mass is 10.2. The number of piperazine rings is 1. The van der Waals surface area contributed by atoms with Crippen molar-refractivity contribution < 1.29 is 18.4 Å².